The zero-order valence-corrected chi connectivity index (χ0v) is 34.2. The van der Waals surface area contributed by atoms with E-state index in [1.54, 1.807) is 0 Å². The number of carbonyl (C=O) groups excluding carboxylic acids is 5. The second kappa shape index (κ2) is 17.1. The van der Waals surface area contributed by atoms with Crippen LogP contribution in [0.2, 0.25) is 0 Å². The second-order valence-corrected chi connectivity index (χ2v) is 17.6. The van der Waals surface area contributed by atoms with Gasteiger partial charge in [-0.25, -0.2) is 4.68 Å². The van der Waals surface area contributed by atoms with Gasteiger partial charge in [-0.1, -0.05) is 26.0 Å². The Morgan fingerprint density at radius 1 is 0.839 bits per heavy atom. The van der Waals surface area contributed by atoms with Crippen molar-refractivity contribution in [1.29, 1.82) is 0 Å². The van der Waals surface area contributed by atoms with Crippen molar-refractivity contribution < 1.29 is 57.1 Å². The molecule has 1 aliphatic heterocycles. The minimum Gasteiger partial charge on any atom is -0.469 e. The van der Waals surface area contributed by atoms with E-state index >= 15 is 0 Å². The van der Waals surface area contributed by atoms with Gasteiger partial charge in [0.2, 0.25) is 0 Å². The molecule has 0 unspecified atom stereocenters. The van der Waals surface area contributed by atoms with Gasteiger partial charge in [0.05, 0.1) is 26.0 Å². The molecule has 312 valence electrons. The van der Waals surface area contributed by atoms with Gasteiger partial charge in [-0.2, -0.15) is 0 Å². The Bertz CT molecular complexity index is 1620. The van der Waals surface area contributed by atoms with E-state index in [0.717, 1.165) is 25.2 Å². The summed E-state index contributed by atoms with van der Waals surface area (Å²) in [4.78, 5) is 60.3. The van der Waals surface area contributed by atoms with E-state index in [2.05, 4.69) is 31.1 Å². The fourth-order valence-electron chi connectivity index (χ4n) is 12.0. The zero-order valence-electron chi connectivity index (χ0n) is 34.2. The van der Waals surface area contributed by atoms with E-state index in [1.807, 2.05) is 10.9 Å². The average molecular weight is 788 g/mol. The van der Waals surface area contributed by atoms with Gasteiger partial charge in [0.15, 0.2) is 24.6 Å². The first-order valence-corrected chi connectivity index (χ1v) is 20.4. The van der Waals surface area contributed by atoms with Crippen molar-refractivity contribution in [2.24, 2.45) is 46.3 Å². The molecule has 56 heavy (non-hydrogen) atoms. The standard InChI is InChI=1S/C41H61N3O12/c1-22(17-35(49)50-8)31-11-12-32-30-10-9-27-18-29(13-15-40(27,6)33(30)14-16-41(31,32)7)44-19-28(42-43-44)20-52-39-38(55-26(5)48)37(54-25(4)47)36(53-24(3)46)34(56-39)21-51-23(2)45/h19,22,27,29-34,36-39H,9-18,20-21H2,1-8H3/t22-,27-,29+,30+,31-,32+,33+,34-,36-,37+,38-,39+,40+,41-/m1/s1. The molecular weight excluding hydrogens is 726 g/mol. The summed E-state index contributed by atoms with van der Waals surface area (Å²) in [7, 11) is 1.49. The van der Waals surface area contributed by atoms with Crippen molar-refractivity contribution in [3.8, 4) is 0 Å². The van der Waals surface area contributed by atoms with Crippen LogP contribution in [0.3, 0.4) is 0 Å². The molecule has 0 radical (unpaired) electrons. The van der Waals surface area contributed by atoms with Gasteiger partial charge in [-0.3, -0.25) is 24.0 Å². The zero-order chi connectivity index (χ0) is 40.5. The van der Waals surface area contributed by atoms with Crippen LogP contribution in [0.15, 0.2) is 6.20 Å². The summed E-state index contributed by atoms with van der Waals surface area (Å²) < 4.78 is 40.9. The maximum atomic E-state index is 12.2. The van der Waals surface area contributed by atoms with Crippen LogP contribution in [-0.4, -0.2) is 89.3 Å². The van der Waals surface area contributed by atoms with Crippen LogP contribution in [0.1, 0.15) is 124 Å². The van der Waals surface area contributed by atoms with Crippen molar-refractivity contribution in [3.63, 3.8) is 0 Å². The molecule has 0 amide bonds. The van der Waals surface area contributed by atoms with Gasteiger partial charge in [-0.05, 0) is 104 Å². The van der Waals surface area contributed by atoms with Crippen LogP contribution < -0.4 is 0 Å². The number of hydrogen-bond donors (Lipinski definition) is 0. The highest BCUT2D eigenvalue weighted by molar-refractivity contribution is 5.69. The molecule has 6 rings (SSSR count). The highest BCUT2D eigenvalue weighted by Gasteiger charge is 2.61. The van der Waals surface area contributed by atoms with Crippen molar-refractivity contribution in [2.75, 3.05) is 13.7 Å². The lowest BCUT2D eigenvalue weighted by atomic mass is 9.44. The molecule has 4 saturated carbocycles. The first-order chi connectivity index (χ1) is 26.5. The van der Waals surface area contributed by atoms with Gasteiger partial charge >= 0.3 is 29.8 Å². The Balaban J connectivity index is 1.11. The molecule has 15 heteroatoms. The molecule has 2 heterocycles. The first kappa shape index (κ1) is 42.0. The SMILES string of the molecule is COC(=O)C[C@@H](C)[C@H]1CC[C@H]2[C@@H]3CC[C@@H]4C[C@@H](n5cc(CO[C@H]6O[C@H](COC(C)=O)[C@@H](OC(C)=O)[C@H](OC(C)=O)[C@H]6OC(C)=O)nn5)CC[C@]4(C)[C@H]3CC[C@]12C. The molecule has 0 N–H and O–H groups in total. The molecule has 14 atom stereocenters. The van der Waals surface area contributed by atoms with Crippen LogP contribution in [0.25, 0.3) is 0 Å². The fourth-order valence-corrected chi connectivity index (χ4v) is 12.0. The van der Waals surface area contributed by atoms with Crippen LogP contribution >= 0.6 is 0 Å². The number of carbonyl (C=O) groups is 5. The summed E-state index contributed by atoms with van der Waals surface area (Å²) in [5.74, 6) is 0.811. The highest BCUT2D eigenvalue weighted by atomic mass is 16.7. The van der Waals surface area contributed by atoms with Crippen molar-refractivity contribution >= 4 is 29.8 Å². The molecule has 5 aliphatic rings. The predicted molar refractivity (Wildman–Crippen MR) is 197 cm³/mol. The Kier molecular flexibility index (Phi) is 12.8. The van der Waals surface area contributed by atoms with Crippen molar-refractivity contribution in [3.05, 3.63) is 11.9 Å². The Hall–Kier alpha value is -3.59. The predicted octanol–water partition coefficient (Wildman–Crippen LogP) is 5.28. The lowest BCUT2D eigenvalue weighted by Gasteiger charge is -2.61. The van der Waals surface area contributed by atoms with Crippen LogP contribution in [-0.2, 0) is 63.7 Å². The lowest BCUT2D eigenvalue weighted by molar-refractivity contribution is -0.310. The summed E-state index contributed by atoms with van der Waals surface area (Å²) in [5.41, 5.74) is 1.08. The third kappa shape index (κ3) is 8.63. The van der Waals surface area contributed by atoms with Gasteiger partial charge in [0.1, 0.15) is 18.4 Å². The van der Waals surface area contributed by atoms with E-state index in [9.17, 15) is 24.0 Å². The summed E-state index contributed by atoms with van der Waals surface area (Å²) >= 11 is 0. The second-order valence-electron chi connectivity index (χ2n) is 17.6. The molecule has 1 saturated heterocycles. The van der Waals surface area contributed by atoms with Gasteiger partial charge in [-0.15, -0.1) is 5.10 Å². The van der Waals surface area contributed by atoms with Gasteiger partial charge < -0.3 is 33.2 Å². The first-order valence-electron chi connectivity index (χ1n) is 20.4. The molecule has 4 aliphatic carbocycles. The molecule has 1 aromatic heterocycles. The van der Waals surface area contributed by atoms with Crippen LogP contribution in [0.5, 0.6) is 0 Å². The Morgan fingerprint density at radius 2 is 1.50 bits per heavy atom. The normalized spacial score (nSPS) is 38.2. The van der Waals surface area contributed by atoms with Crippen molar-refractivity contribution in [1.82, 2.24) is 15.0 Å². The van der Waals surface area contributed by atoms with E-state index < -0.39 is 54.6 Å². The minimum absolute atomic E-state index is 0.0786. The van der Waals surface area contributed by atoms with Crippen LogP contribution in [0, 0.1) is 46.3 Å². The molecule has 1 aromatic rings. The number of hydrogen-bond acceptors (Lipinski definition) is 14. The molecule has 15 nitrogen and oxygen atoms in total. The van der Waals surface area contributed by atoms with Crippen molar-refractivity contribution in [2.45, 2.75) is 156 Å². The molecular formula is C41H61N3O12. The minimum atomic E-state index is -1.31. The summed E-state index contributed by atoms with van der Waals surface area (Å²) in [6.45, 7) is 11.7. The van der Waals surface area contributed by atoms with E-state index in [0.29, 0.717) is 41.7 Å². The van der Waals surface area contributed by atoms with E-state index in [4.69, 9.17) is 33.2 Å². The maximum Gasteiger partial charge on any atom is 0.305 e. The van der Waals surface area contributed by atoms with Crippen LogP contribution in [0.4, 0.5) is 0 Å². The smallest absolute Gasteiger partial charge is 0.305 e. The number of fused-ring (bicyclic) bond motifs is 5. The molecule has 0 spiro atoms. The number of nitrogens with zero attached hydrogens (tertiary/aromatic N) is 3. The Morgan fingerprint density at radius 3 is 2.18 bits per heavy atom. The maximum absolute atomic E-state index is 12.2. The number of esters is 5. The third-order valence-corrected chi connectivity index (χ3v) is 14.4. The Labute approximate surface area is 329 Å². The third-order valence-electron chi connectivity index (χ3n) is 14.4. The number of methoxy groups -OCH3 is 1. The quantitative estimate of drug-likeness (QED) is 0.197. The number of aromatic nitrogens is 3. The summed E-state index contributed by atoms with van der Waals surface area (Å²) in [6, 6.07) is 0.195. The highest BCUT2D eigenvalue weighted by Crippen LogP contribution is 2.69. The van der Waals surface area contributed by atoms with Gasteiger partial charge in [0, 0.05) is 34.1 Å². The number of rotatable bonds is 12. The molecule has 0 aromatic carbocycles. The van der Waals surface area contributed by atoms with E-state index in [-0.39, 0.29) is 36.1 Å². The monoisotopic (exact) mass is 787 g/mol. The summed E-state index contributed by atoms with van der Waals surface area (Å²) in [5, 5.41) is 8.93. The number of ether oxygens (including phenoxy) is 7. The average Bonchev–Trinajstić information content (AvgIpc) is 3.75. The lowest BCUT2D eigenvalue weighted by Crippen LogP contribution is -2.62. The molecule has 0 bridgehead atoms. The topological polar surface area (TPSA) is 181 Å². The fraction of sp³-hybridized carbons (Fsp3) is 0.829. The van der Waals surface area contributed by atoms with Gasteiger partial charge in [0.25, 0.3) is 0 Å². The summed E-state index contributed by atoms with van der Waals surface area (Å²) in [6.07, 6.45) is 6.66. The molecule has 5 fully saturated rings. The largest absolute Gasteiger partial charge is 0.469 e. The van der Waals surface area contributed by atoms with E-state index in [1.165, 1.54) is 73.3 Å².